The second kappa shape index (κ2) is 6.03. The Balaban J connectivity index is 3.09. The third-order valence-electron chi connectivity index (χ3n) is 0.965. The second-order valence-electron chi connectivity index (χ2n) is 2.07. The molecule has 0 rings (SSSR count). The molecule has 0 aromatic heterocycles. The van der Waals surface area contributed by atoms with E-state index in [1.165, 1.54) is 0 Å². The SMILES string of the molecule is CCCNCCSP(=O)(O)O. The maximum absolute atomic E-state index is 10.3. The summed E-state index contributed by atoms with van der Waals surface area (Å²) in [6.07, 6.45) is 1.04. The summed E-state index contributed by atoms with van der Waals surface area (Å²) in [5, 5.41) is 3.04. The third kappa shape index (κ3) is 10.5. The van der Waals surface area contributed by atoms with E-state index < -0.39 is 6.80 Å². The lowest BCUT2D eigenvalue weighted by Crippen LogP contribution is -2.17. The molecule has 0 radical (unpaired) electrons. The molecule has 68 valence electrons. The van der Waals surface area contributed by atoms with Crippen LogP contribution in [0.5, 0.6) is 0 Å². The zero-order valence-corrected chi connectivity index (χ0v) is 8.20. The van der Waals surface area contributed by atoms with Gasteiger partial charge in [-0.15, -0.1) is 0 Å². The van der Waals surface area contributed by atoms with Crippen LogP contribution in [-0.2, 0) is 4.57 Å². The molecule has 0 fully saturated rings. The first-order chi connectivity index (χ1) is 5.06. The standard InChI is InChI=1S/C5H14NO3PS/c1-2-3-6-4-5-11-10(7,8)9/h6H,2-5H2,1H3,(H2,7,8,9). The molecule has 0 amide bonds. The van der Waals surface area contributed by atoms with E-state index >= 15 is 0 Å². The van der Waals surface area contributed by atoms with Crippen molar-refractivity contribution in [3.63, 3.8) is 0 Å². The van der Waals surface area contributed by atoms with Gasteiger partial charge in [-0.2, -0.15) is 0 Å². The highest BCUT2D eigenvalue weighted by molar-refractivity contribution is 8.54. The first-order valence-corrected chi connectivity index (χ1v) is 6.67. The molecule has 0 unspecified atom stereocenters. The van der Waals surface area contributed by atoms with Gasteiger partial charge in [-0.1, -0.05) is 6.92 Å². The van der Waals surface area contributed by atoms with Crippen LogP contribution in [0.15, 0.2) is 0 Å². The number of hydrogen-bond donors (Lipinski definition) is 3. The van der Waals surface area contributed by atoms with Crippen LogP contribution in [-0.4, -0.2) is 28.6 Å². The van der Waals surface area contributed by atoms with Gasteiger partial charge in [-0.05, 0) is 24.3 Å². The lowest BCUT2D eigenvalue weighted by atomic mass is 10.5. The average Bonchev–Trinajstić information content (AvgIpc) is 1.85. The molecule has 0 spiro atoms. The van der Waals surface area contributed by atoms with E-state index in [0.29, 0.717) is 23.7 Å². The Morgan fingerprint density at radius 3 is 2.55 bits per heavy atom. The fourth-order valence-electron chi connectivity index (χ4n) is 0.539. The molecule has 4 nitrogen and oxygen atoms in total. The Morgan fingerprint density at radius 2 is 2.09 bits per heavy atom. The Bertz CT molecular complexity index is 138. The smallest absolute Gasteiger partial charge is 0.317 e. The van der Waals surface area contributed by atoms with Crippen molar-refractivity contribution in [3.8, 4) is 0 Å². The summed E-state index contributed by atoms with van der Waals surface area (Å²) < 4.78 is 10.3. The monoisotopic (exact) mass is 199 g/mol. The lowest BCUT2D eigenvalue weighted by molar-refractivity contribution is 0.397. The van der Waals surface area contributed by atoms with Crippen molar-refractivity contribution in [2.45, 2.75) is 13.3 Å². The maximum Gasteiger partial charge on any atom is 0.384 e. The molecule has 6 heteroatoms. The topological polar surface area (TPSA) is 69.6 Å². The average molecular weight is 199 g/mol. The Labute approximate surface area is 70.7 Å². The Morgan fingerprint density at radius 1 is 1.45 bits per heavy atom. The van der Waals surface area contributed by atoms with E-state index in [1.807, 2.05) is 6.92 Å². The summed E-state index contributed by atoms with van der Waals surface area (Å²) in [7, 11) is 0. The van der Waals surface area contributed by atoms with Crippen LogP contribution in [0.4, 0.5) is 0 Å². The Kier molecular flexibility index (Phi) is 6.28. The molecule has 0 heterocycles. The summed E-state index contributed by atoms with van der Waals surface area (Å²) in [5.74, 6) is 0.463. The molecule has 0 aromatic carbocycles. The molecule has 11 heavy (non-hydrogen) atoms. The number of hydrogen-bond acceptors (Lipinski definition) is 3. The molecule has 0 atom stereocenters. The van der Waals surface area contributed by atoms with Crippen molar-refractivity contribution in [3.05, 3.63) is 0 Å². The highest BCUT2D eigenvalue weighted by Gasteiger charge is 2.11. The molecule has 0 saturated carbocycles. The van der Waals surface area contributed by atoms with Crippen molar-refractivity contribution < 1.29 is 14.4 Å². The molecule has 0 aliphatic rings. The highest BCUT2D eigenvalue weighted by atomic mass is 32.7. The molecule has 3 N–H and O–H groups in total. The van der Waals surface area contributed by atoms with Crippen LogP contribution in [0.2, 0.25) is 0 Å². The summed E-state index contributed by atoms with van der Waals surface area (Å²) in [4.78, 5) is 16.8. The van der Waals surface area contributed by atoms with E-state index in [0.717, 1.165) is 13.0 Å². The zero-order valence-electron chi connectivity index (χ0n) is 6.49. The van der Waals surface area contributed by atoms with Crippen LogP contribution >= 0.6 is 18.2 Å². The Hall–Kier alpha value is 0.460. The molecular formula is C5H14NO3PS. The summed E-state index contributed by atoms with van der Waals surface area (Å²) >= 11 is 0.688. The van der Waals surface area contributed by atoms with Crippen LogP contribution in [0, 0.1) is 0 Å². The molecule has 0 aliphatic carbocycles. The van der Waals surface area contributed by atoms with Crippen LogP contribution in [0.25, 0.3) is 0 Å². The van der Waals surface area contributed by atoms with Gasteiger partial charge in [-0.3, -0.25) is 0 Å². The number of nitrogens with one attached hydrogen (secondary N) is 1. The van der Waals surface area contributed by atoms with Gasteiger partial charge >= 0.3 is 6.80 Å². The minimum atomic E-state index is -3.84. The highest BCUT2D eigenvalue weighted by Crippen LogP contribution is 2.49. The third-order valence-corrected chi connectivity index (χ3v) is 3.24. The van der Waals surface area contributed by atoms with Crippen molar-refractivity contribution >= 4 is 18.2 Å². The van der Waals surface area contributed by atoms with E-state index in [-0.39, 0.29) is 0 Å². The van der Waals surface area contributed by atoms with Crippen LogP contribution in [0.1, 0.15) is 13.3 Å². The van der Waals surface area contributed by atoms with E-state index in [9.17, 15) is 4.57 Å². The zero-order chi connectivity index (χ0) is 8.74. The minimum Gasteiger partial charge on any atom is -0.317 e. The summed E-state index contributed by atoms with van der Waals surface area (Å²) in [6, 6.07) is 0. The van der Waals surface area contributed by atoms with Crippen molar-refractivity contribution in [1.29, 1.82) is 0 Å². The fraction of sp³-hybridized carbons (Fsp3) is 1.00. The van der Waals surface area contributed by atoms with E-state index in [1.54, 1.807) is 0 Å². The van der Waals surface area contributed by atoms with Crippen LogP contribution < -0.4 is 5.32 Å². The predicted octanol–water partition coefficient (Wildman–Crippen LogP) is 0.812. The van der Waals surface area contributed by atoms with Gasteiger partial charge in [0.15, 0.2) is 0 Å². The van der Waals surface area contributed by atoms with Gasteiger partial charge in [0, 0.05) is 12.3 Å². The summed E-state index contributed by atoms with van der Waals surface area (Å²) in [6.45, 7) is -0.232. The first-order valence-electron chi connectivity index (χ1n) is 3.47. The van der Waals surface area contributed by atoms with Gasteiger partial charge in [-0.25, -0.2) is 4.57 Å². The first kappa shape index (κ1) is 11.5. The van der Waals surface area contributed by atoms with Gasteiger partial charge < -0.3 is 15.1 Å². The molecular weight excluding hydrogens is 185 g/mol. The van der Waals surface area contributed by atoms with Crippen molar-refractivity contribution in [2.75, 3.05) is 18.8 Å². The second-order valence-corrected chi connectivity index (χ2v) is 5.92. The van der Waals surface area contributed by atoms with Gasteiger partial charge in [0.25, 0.3) is 0 Å². The van der Waals surface area contributed by atoms with E-state index in [2.05, 4.69) is 5.32 Å². The number of rotatable bonds is 6. The predicted molar refractivity (Wildman–Crippen MR) is 47.7 cm³/mol. The van der Waals surface area contributed by atoms with Crippen molar-refractivity contribution in [2.24, 2.45) is 0 Å². The van der Waals surface area contributed by atoms with Gasteiger partial charge in [0.2, 0.25) is 0 Å². The molecule has 0 bridgehead atoms. The minimum absolute atomic E-state index is 0.463. The molecule has 0 saturated heterocycles. The van der Waals surface area contributed by atoms with Gasteiger partial charge in [0.05, 0.1) is 0 Å². The van der Waals surface area contributed by atoms with E-state index in [4.69, 9.17) is 9.79 Å². The van der Waals surface area contributed by atoms with Crippen molar-refractivity contribution in [1.82, 2.24) is 5.32 Å². The fourth-order valence-corrected chi connectivity index (χ4v) is 2.00. The van der Waals surface area contributed by atoms with Gasteiger partial charge in [0.1, 0.15) is 0 Å². The normalized spacial score (nSPS) is 11.9. The molecule has 0 aromatic rings. The lowest BCUT2D eigenvalue weighted by Gasteiger charge is -2.03. The quantitative estimate of drug-likeness (QED) is 0.436. The maximum atomic E-state index is 10.3. The largest absolute Gasteiger partial charge is 0.384 e. The summed E-state index contributed by atoms with van der Waals surface area (Å²) in [5.41, 5.74) is 0. The molecule has 0 aliphatic heterocycles. The van der Waals surface area contributed by atoms with Crippen LogP contribution in [0.3, 0.4) is 0 Å².